The predicted molar refractivity (Wildman–Crippen MR) is 116 cm³/mol. The van der Waals surface area contributed by atoms with E-state index in [0.29, 0.717) is 30.0 Å². The molecule has 0 aliphatic heterocycles. The van der Waals surface area contributed by atoms with Crippen LogP contribution in [-0.4, -0.2) is 29.1 Å². The molecule has 0 fully saturated rings. The predicted octanol–water partition coefficient (Wildman–Crippen LogP) is 4.91. The van der Waals surface area contributed by atoms with Crippen molar-refractivity contribution in [3.63, 3.8) is 0 Å². The third kappa shape index (κ3) is 6.94. The van der Waals surface area contributed by atoms with Gasteiger partial charge in [0.15, 0.2) is 0 Å². The van der Waals surface area contributed by atoms with Crippen molar-refractivity contribution in [1.29, 1.82) is 0 Å². The first-order valence-corrected chi connectivity index (χ1v) is 10.6. The highest BCUT2D eigenvalue weighted by Gasteiger charge is 2.13. The molecule has 0 saturated heterocycles. The molecule has 0 radical (unpaired) electrons. The SMILES string of the molecule is CCCCCCCCCC(=O)Nc1cc(C(=O)NCCS)c2cc[nH]c2c1. The van der Waals surface area contributed by atoms with Gasteiger partial charge in [-0.3, -0.25) is 9.59 Å². The fourth-order valence-electron chi connectivity index (χ4n) is 3.16. The minimum absolute atomic E-state index is 0.00354. The van der Waals surface area contributed by atoms with E-state index in [1.165, 1.54) is 32.1 Å². The van der Waals surface area contributed by atoms with Crippen LogP contribution in [0.3, 0.4) is 0 Å². The monoisotopic (exact) mass is 389 g/mol. The van der Waals surface area contributed by atoms with Crippen molar-refractivity contribution in [3.8, 4) is 0 Å². The Morgan fingerprint density at radius 3 is 2.56 bits per heavy atom. The molecule has 148 valence electrons. The summed E-state index contributed by atoms with van der Waals surface area (Å²) >= 11 is 4.12. The molecule has 6 heteroatoms. The second kappa shape index (κ2) is 11.7. The van der Waals surface area contributed by atoms with E-state index >= 15 is 0 Å². The van der Waals surface area contributed by atoms with Gasteiger partial charge in [0, 0.05) is 41.5 Å². The number of carbonyl (C=O) groups is 2. The van der Waals surface area contributed by atoms with Crippen molar-refractivity contribution in [2.24, 2.45) is 0 Å². The Morgan fingerprint density at radius 2 is 1.81 bits per heavy atom. The first-order chi connectivity index (χ1) is 13.2. The molecule has 2 amide bonds. The number of amides is 2. The van der Waals surface area contributed by atoms with Crippen LogP contribution in [0, 0.1) is 0 Å². The number of unbranched alkanes of at least 4 members (excludes halogenated alkanes) is 6. The molecule has 1 aromatic carbocycles. The van der Waals surface area contributed by atoms with Gasteiger partial charge in [-0.2, -0.15) is 12.6 Å². The van der Waals surface area contributed by atoms with Crippen molar-refractivity contribution in [1.82, 2.24) is 10.3 Å². The molecule has 2 aromatic rings. The number of hydrogen-bond acceptors (Lipinski definition) is 3. The Labute approximate surface area is 167 Å². The average molecular weight is 390 g/mol. The molecule has 0 atom stereocenters. The standard InChI is InChI=1S/C21H31N3O2S/c1-2-3-4-5-6-7-8-9-20(25)24-16-14-18(21(26)23-12-13-27)17-10-11-22-19(17)15-16/h10-11,14-15,22,27H,2-9,12-13H2,1H3,(H,23,26)(H,24,25). The average Bonchev–Trinajstić information content (AvgIpc) is 3.13. The molecular formula is C21H31N3O2S. The van der Waals surface area contributed by atoms with E-state index in [1.54, 1.807) is 12.3 Å². The van der Waals surface area contributed by atoms with Crippen LogP contribution in [0.1, 0.15) is 68.6 Å². The zero-order chi connectivity index (χ0) is 19.5. The van der Waals surface area contributed by atoms with Gasteiger partial charge in [-0.05, 0) is 24.6 Å². The molecule has 5 nitrogen and oxygen atoms in total. The topological polar surface area (TPSA) is 74.0 Å². The Morgan fingerprint density at radius 1 is 1.07 bits per heavy atom. The highest BCUT2D eigenvalue weighted by molar-refractivity contribution is 7.80. The number of H-pyrrole nitrogens is 1. The van der Waals surface area contributed by atoms with Gasteiger partial charge >= 0.3 is 0 Å². The summed E-state index contributed by atoms with van der Waals surface area (Å²) in [5.74, 6) is 0.421. The summed E-state index contributed by atoms with van der Waals surface area (Å²) in [7, 11) is 0. The van der Waals surface area contributed by atoms with Gasteiger partial charge in [0.1, 0.15) is 0 Å². The van der Waals surface area contributed by atoms with Gasteiger partial charge < -0.3 is 15.6 Å². The summed E-state index contributed by atoms with van der Waals surface area (Å²) in [5, 5.41) is 6.61. The number of carbonyl (C=O) groups excluding carboxylic acids is 2. The molecule has 27 heavy (non-hydrogen) atoms. The minimum Gasteiger partial charge on any atom is -0.361 e. The molecule has 0 spiro atoms. The summed E-state index contributed by atoms with van der Waals surface area (Å²) < 4.78 is 0. The molecule has 1 heterocycles. The van der Waals surface area contributed by atoms with Crippen LogP contribution in [0.2, 0.25) is 0 Å². The Kier molecular flexibility index (Phi) is 9.25. The summed E-state index contributed by atoms with van der Waals surface area (Å²) in [5.41, 5.74) is 2.04. The lowest BCUT2D eigenvalue weighted by Gasteiger charge is -2.10. The zero-order valence-corrected chi connectivity index (χ0v) is 17.0. The van der Waals surface area contributed by atoms with Crippen LogP contribution in [0.15, 0.2) is 24.4 Å². The molecular weight excluding hydrogens is 358 g/mol. The van der Waals surface area contributed by atoms with Crippen molar-refractivity contribution in [2.45, 2.75) is 58.3 Å². The van der Waals surface area contributed by atoms with Gasteiger partial charge in [0.25, 0.3) is 5.91 Å². The van der Waals surface area contributed by atoms with Crippen LogP contribution in [0.25, 0.3) is 10.9 Å². The smallest absolute Gasteiger partial charge is 0.252 e. The minimum atomic E-state index is -0.156. The Bertz CT molecular complexity index is 742. The normalized spacial score (nSPS) is 10.9. The van der Waals surface area contributed by atoms with Gasteiger partial charge in [-0.15, -0.1) is 0 Å². The fraction of sp³-hybridized carbons (Fsp3) is 0.524. The maximum atomic E-state index is 12.4. The van der Waals surface area contributed by atoms with E-state index in [2.05, 4.69) is 35.2 Å². The Balaban J connectivity index is 1.90. The van der Waals surface area contributed by atoms with Gasteiger partial charge in [-0.1, -0.05) is 45.4 Å². The highest BCUT2D eigenvalue weighted by Crippen LogP contribution is 2.23. The van der Waals surface area contributed by atoms with E-state index in [-0.39, 0.29) is 11.8 Å². The lowest BCUT2D eigenvalue weighted by Crippen LogP contribution is -2.25. The van der Waals surface area contributed by atoms with Gasteiger partial charge in [0.05, 0.1) is 5.56 Å². The number of thiol groups is 1. The zero-order valence-electron chi connectivity index (χ0n) is 16.1. The third-order valence-corrected chi connectivity index (χ3v) is 4.83. The third-order valence-electron chi connectivity index (χ3n) is 4.60. The van der Waals surface area contributed by atoms with Gasteiger partial charge in [0.2, 0.25) is 5.91 Å². The van der Waals surface area contributed by atoms with Gasteiger partial charge in [-0.25, -0.2) is 0 Å². The lowest BCUT2D eigenvalue weighted by atomic mass is 10.1. The Hall–Kier alpha value is -1.95. The fourth-order valence-corrected chi connectivity index (χ4v) is 3.27. The van der Waals surface area contributed by atoms with Crippen molar-refractivity contribution in [2.75, 3.05) is 17.6 Å². The van der Waals surface area contributed by atoms with Crippen molar-refractivity contribution < 1.29 is 9.59 Å². The first kappa shape index (κ1) is 21.4. The number of fused-ring (bicyclic) bond motifs is 1. The van der Waals surface area contributed by atoms with Crippen LogP contribution >= 0.6 is 12.6 Å². The second-order valence-electron chi connectivity index (χ2n) is 6.86. The van der Waals surface area contributed by atoms with Crippen molar-refractivity contribution in [3.05, 3.63) is 30.0 Å². The number of aromatic nitrogens is 1. The summed E-state index contributed by atoms with van der Waals surface area (Å²) in [6.07, 6.45) is 10.6. The quantitative estimate of drug-likeness (QED) is 0.308. The molecule has 1 aromatic heterocycles. The van der Waals surface area contributed by atoms with E-state index in [4.69, 9.17) is 0 Å². The number of rotatable bonds is 12. The first-order valence-electron chi connectivity index (χ1n) is 9.95. The summed E-state index contributed by atoms with van der Waals surface area (Å²) in [6, 6.07) is 5.48. The lowest BCUT2D eigenvalue weighted by molar-refractivity contribution is -0.116. The van der Waals surface area contributed by atoms with E-state index in [9.17, 15) is 9.59 Å². The summed E-state index contributed by atoms with van der Waals surface area (Å²) in [6.45, 7) is 2.72. The van der Waals surface area contributed by atoms with Crippen LogP contribution in [0.4, 0.5) is 5.69 Å². The largest absolute Gasteiger partial charge is 0.361 e. The highest BCUT2D eigenvalue weighted by atomic mass is 32.1. The number of hydrogen-bond donors (Lipinski definition) is 4. The number of anilines is 1. The molecule has 0 bridgehead atoms. The van der Waals surface area contributed by atoms with Crippen LogP contribution < -0.4 is 10.6 Å². The summed E-state index contributed by atoms with van der Waals surface area (Å²) in [4.78, 5) is 27.8. The van der Waals surface area contributed by atoms with Crippen molar-refractivity contribution >= 4 is 41.0 Å². The molecule has 0 unspecified atom stereocenters. The van der Waals surface area contributed by atoms with Crippen LogP contribution in [-0.2, 0) is 4.79 Å². The molecule has 0 saturated carbocycles. The number of nitrogens with one attached hydrogen (secondary N) is 3. The van der Waals surface area contributed by atoms with E-state index in [1.807, 2.05) is 12.1 Å². The number of benzene rings is 1. The maximum Gasteiger partial charge on any atom is 0.252 e. The molecule has 0 aliphatic rings. The maximum absolute atomic E-state index is 12.4. The molecule has 3 N–H and O–H groups in total. The number of aromatic amines is 1. The van der Waals surface area contributed by atoms with E-state index in [0.717, 1.165) is 23.7 Å². The van der Waals surface area contributed by atoms with E-state index < -0.39 is 0 Å². The van der Waals surface area contributed by atoms with Crippen LogP contribution in [0.5, 0.6) is 0 Å². The molecule has 2 rings (SSSR count). The molecule has 0 aliphatic carbocycles. The second-order valence-corrected chi connectivity index (χ2v) is 7.31.